The minimum Gasteiger partial charge on any atom is -0.384 e. The lowest BCUT2D eigenvalue weighted by Crippen LogP contribution is -2.38. The van der Waals surface area contributed by atoms with Crippen LogP contribution in [-0.4, -0.2) is 23.4 Å². The Morgan fingerprint density at radius 3 is 2.32 bits per heavy atom. The lowest BCUT2D eigenvalue weighted by Gasteiger charge is -2.33. The Morgan fingerprint density at radius 2 is 1.95 bits per heavy atom. The Hall–Kier alpha value is -1.58. The zero-order valence-electron chi connectivity index (χ0n) is 12.5. The summed E-state index contributed by atoms with van der Waals surface area (Å²) in [5.41, 5.74) is 6.14. The van der Waals surface area contributed by atoms with Crippen molar-refractivity contribution < 1.29 is 0 Å². The molecule has 0 bridgehead atoms. The molecule has 4 heteroatoms. The average Bonchev–Trinajstić information content (AvgIpc) is 2.38. The fourth-order valence-corrected chi connectivity index (χ4v) is 2.27. The maximum absolute atomic E-state index is 7.41. The summed E-state index contributed by atoms with van der Waals surface area (Å²) in [5, 5.41) is 7.41. The van der Waals surface area contributed by atoms with Gasteiger partial charge in [-0.05, 0) is 30.9 Å². The molecule has 106 valence electrons. The molecule has 0 radical (unpaired) electrons. The van der Waals surface area contributed by atoms with Gasteiger partial charge in [0.25, 0.3) is 0 Å². The molecule has 1 aromatic rings. The molecular formula is C15H26N4. The summed E-state index contributed by atoms with van der Waals surface area (Å²) in [6.07, 6.45) is 3.91. The van der Waals surface area contributed by atoms with E-state index in [2.05, 4.69) is 37.6 Å². The van der Waals surface area contributed by atoms with Crippen LogP contribution in [0.15, 0.2) is 18.3 Å². The third-order valence-corrected chi connectivity index (χ3v) is 3.30. The summed E-state index contributed by atoms with van der Waals surface area (Å²) in [4.78, 5) is 6.84. The fourth-order valence-electron chi connectivity index (χ4n) is 2.27. The van der Waals surface area contributed by atoms with E-state index in [1.54, 1.807) is 6.20 Å². The van der Waals surface area contributed by atoms with Crippen molar-refractivity contribution in [2.45, 2.75) is 46.6 Å². The normalized spacial score (nSPS) is 11.1. The summed E-state index contributed by atoms with van der Waals surface area (Å²) in [7, 11) is 0. The summed E-state index contributed by atoms with van der Waals surface area (Å²) >= 11 is 0. The molecule has 1 aromatic heterocycles. The van der Waals surface area contributed by atoms with Crippen LogP contribution in [0, 0.1) is 11.3 Å². The summed E-state index contributed by atoms with van der Waals surface area (Å²) in [6, 6.07) is 4.36. The minimum atomic E-state index is 0.0667. The predicted octanol–water partition coefficient (Wildman–Crippen LogP) is 3.02. The SMILES string of the molecule is CCC(CC)N(CC(C)C)c1ccc(C(=N)N)cn1. The third-order valence-electron chi connectivity index (χ3n) is 3.30. The van der Waals surface area contributed by atoms with Gasteiger partial charge in [-0.3, -0.25) is 5.41 Å². The summed E-state index contributed by atoms with van der Waals surface area (Å²) in [6.45, 7) is 9.87. The van der Waals surface area contributed by atoms with E-state index in [-0.39, 0.29) is 5.84 Å². The van der Waals surface area contributed by atoms with E-state index >= 15 is 0 Å². The number of amidine groups is 1. The molecule has 1 heterocycles. The van der Waals surface area contributed by atoms with E-state index in [0.29, 0.717) is 17.5 Å². The minimum absolute atomic E-state index is 0.0667. The molecule has 4 nitrogen and oxygen atoms in total. The van der Waals surface area contributed by atoms with Crippen LogP contribution in [0.3, 0.4) is 0 Å². The van der Waals surface area contributed by atoms with Crippen LogP contribution in [-0.2, 0) is 0 Å². The second-order valence-electron chi connectivity index (χ2n) is 5.34. The number of hydrogen-bond donors (Lipinski definition) is 2. The van der Waals surface area contributed by atoms with E-state index in [4.69, 9.17) is 11.1 Å². The first-order valence-electron chi connectivity index (χ1n) is 7.06. The Kier molecular flexibility index (Phi) is 5.80. The smallest absolute Gasteiger partial charge is 0.128 e. The lowest BCUT2D eigenvalue weighted by molar-refractivity contribution is 0.503. The molecular weight excluding hydrogens is 236 g/mol. The molecule has 0 saturated carbocycles. The first-order chi connectivity index (χ1) is 8.99. The van der Waals surface area contributed by atoms with Gasteiger partial charge < -0.3 is 10.6 Å². The van der Waals surface area contributed by atoms with E-state index in [1.807, 2.05) is 12.1 Å². The second-order valence-corrected chi connectivity index (χ2v) is 5.34. The topological polar surface area (TPSA) is 66.0 Å². The predicted molar refractivity (Wildman–Crippen MR) is 81.8 cm³/mol. The Morgan fingerprint density at radius 1 is 1.32 bits per heavy atom. The van der Waals surface area contributed by atoms with Gasteiger partial charge >= 0.3 is 0 Å². The van der Waals surface area contributed by atoms with E-state index in [9.17, 15) is 0 Å². The zero-order valence-corrected chi connectivity index (χ0v) is 12.5. The van der Waals surface area contributed by atoms with Crippen LogP contribution in [0.5, 0.6) is 0 Å². The van der Waals surface area contributed by atoms with Gasteiger partial charge in [-0.15, -0.1) is 0 Å². The van der Waals surface area contributed by atoms with Crippen molar-refractivity contribution in [1.29, 1.82) is 5.41 Å². The third kappa shape index (κ3) is 4.23. The van der Waals surface area contributed by atoms with Crippen LogP contribution in [0.2, 0.25) is 0 Å². The number of pyridine rings is 1. The summed E-state index contributed by atoms with van der Waals surface area (Å²) in [5.74, 6) is 1.64. The second kappa shape index (κ2) is 7.12. The highest BCUT2D eigenvalue weighted by Crippen LogP contribution is 2.20. The lowest BCUT2D eigenvalue weighted by atomic mass is 10.1. The standard InChI is InChI=1S/C15H26N4/c1-5-13(6-2)19(10-11(3)4)14-8-7-12(9-18-14)15(16)17/h7-9,11,13H,5-6,10H2,1-4H3,(H3,16,17). The van der Waals surface area contributed by atoms with Crippen LogP contribution in [0.25, 0.3) is 0 Å². The Labute approximate surface area is 116 Å². The molecule has 0 atom stereocenters. The molecule has 0 amide bonds. The highest BCUT2D eigenvalue weighted by molar-refractivity contribution is 5.94. The van der Waals surface area contributed by atoms with E-state index in [1.165, 1.54) is 0 Å². The molecule has 0 unspecified atom stereocenters. The zero-order chi connectivity index (χ0) is 14.4. The van der Waals surface area contributed by atoms with Crippen molar-refractivity contribution in [2.75, 3.05) is 11.4 Å². The van der Waals surface area contributed by atoms with Crippen LogP contribution >= 0.6 is 0 Å². The number of aromatic nitrogens is 1. The molecule has 1 rings (SSSR count). The maximum atomic E-state index is 7.41. The largest absolute Gasteiger partial charge is 0.384 e. The van der Waals surface area contributed by atoms with Gasteiger partial charge in [0, 0.05) is 24.3 Å². The molecule has 0 aromatic carbocycles. The molecule has 0 fully saturated rings. The van der Waals surface area contributed by atoms with Crippen molar-refractivity contribution in [2.24, 2.45) is 11.7 Å². The van der Waals surface area contributed by atoms with Gasteiger partial charge in [-0.1, -0.05) is 27.7 Å². The first-order valence-corrected chi connectivity index (χ1v) is 7.06. The van der Waals surface area contributed by atoms with Crippen LogP contribution in [0.1, 0.15) is 46.1 Å². The molecule has 0 aliphatic heterocycles. The van der Waals surface area contributed by atoms with E-state index < -0.39 is 0 Å². The number of nitrogens with two attached hydrogens (primary N) is 1. The number of rotatable bonds is 7. The van der Waals surface area contributed by atoms with Gasteiger partial charge in [0.15, 0.2) is 0 Å². The molecule has 0 aliphatic carbocycles. The van der Waals surface area contributed by atoms with Crippen LogP contribution < -0.4 is 10.6 Å². The van der Waals surface area contributed by atoms with Gasteiger partial charge in [0.05, 0.1) is 0 Å². The number of hydrogen-bond acceptors (Lipinski definition) is 3. The monoisotopic (exact) mass is 262 g/mol. The molecule has 19 heavy (non-hydrogen) atoms. The summed E-state index contributed by atoms with van der Waals surface area (Å²) < 4.78 is 0. The van der Waals surface area contributed by atoms with Crippen molar-refractivity contribution in [3.05, 3.63) is 23.9 Å². The molecule has 3 N–H and O–H groups in total. The molecule has 0 aliphatic rings. The highest BCUT2D eigenvalue weighted by atomic mass is 15.2. The number of anilines is 1. The average molecular weight is 262 g/mol. The Bertz CT molecular complexity index is 393. The highest BCUT2D eigenvalue weighted by Gasteiger charge is 2.18. The first kappa shape index (κ1) is 15.5. The fraction of sp³-hybridized carbons (Fsp3) is 0.600. The Balaban J connectivity index is 2.99. The van der Waals surface area contributed by atoms with Gasteiger partial charge in [0.1, 0.15) is 11.7 Å². The van der Waals surface area contributed by atoms with Crippen molar-refractivity contribution in [1.82, 2.24) is 4.98 Å². The van der Waals surface area contributed by atoms with Gasteiger partial charge in [0.2, 0.25) is 0 Å². The number of nitrogen functional groups attached to an aromatic ring is 1. The van der Waals surface area contributed by atoms with Gasteiger partial charge in [-0.2, -0.15) is 0 Å². The maximum Gasteiger partial charge on any atom is 0.128 e. The van der Waals surface area contributed by atoms with E-state index in [0.717, 1.165) is 25.2 Å². The van der Waals surface area contributed by atoms with Crippen molar-refractivity contribution in [3.63, 3.8) is 0 Å². The number of nitrogens with one attached hydrogen (secondary N) is 1. The quantitative estimate of drug-likeness (QED) is 0.586. The van der Waals surface area contributed by atoms with Crippen molar-refractivity contribution >= 4 is 11.7 Å². The van der Waals surface area contributed by atoms with Gasteiger partial charge in [-0.25, -0.2) is 4.98 Å². The molecule has 0 saturated heterocycles. The van der Waals surface area contributed by atoms with Crippen LogP contribution in [0.4, 0.5) is 5.82 Å². The molecule has 0 spiro atoms. The van der Waals surface area contributed by atoms with Crippen molar-refractivity contribution in [3.8, 4) is 0 Å². The number of nitrogens with zero attached hydrogens (tertiary/aromatic N) is 2.